The highest BCUT2D eigenvalue weighted by molar-refractivity contribution is 5.97. The molecule has 0 saturated carbocycles. The molecule has 0 fully saturated rings. The molecule has 3 aromatic heterocycles. The van der Waals surface area contributed by atoms with Gasteiger partial charge < -0.3 is 5.73 Å². The first-order chi connectivity index (χ1) is 12.0. The number of nitrogens with two attached hydrogens (primary N) is 1. The molecule has 7 nitrogen and oxygen atoms in total. The van der Waals surface area contributed by atoms with Crippen molar-refractivity contribution in [1.82, 2.24) is 24.5 Å². The van der Waals surface area contributed by atoms with E-state index in [9.17, 15) is 13.6 Å². The first-order valence-corrected chi connectivity index (χ1v) is 7.31. The third-order valence-corrected chi connectivity index (χ3v) is 3.92. The maximum absolute atomic E-state index is 14.2. The minimum Gasteiger partial charge on any atom is -0.382 e. The van der Waals surface area contributed by atoms with Crippen molar-refractivity contribution >= 4 is 16.7 Å². The van der Waals surface area contributed by atoms with Gasteiger partial charge in [-0.3, -0.25) is 19.1 Å². The molecule has 0 spiro atoms. The van der Waals surface area contributed by atoms with Crippen LogP contribution in [0.2, 0.25) is 0 Å². The Balaban J connectivity index is 2.15. The van der Waals surface area contributed by atoms with Gasteiger partial charge >= 0.3 is 0 Å². The van der Waals surface area contributed by atoms with E-state index in [1.165, 1.54) is 12.3 Å². The molecule has 0 aliphatic heterocycles. The van der Waals surface area contributed by atoms with Crippen LogP contribution in [0.25, 0.3) is 27.8 Å². The minimum absolute atomic E-state index is 0.0470. The van der Waals surface area contributed by atoms with Crippen LogP contribution in [0.15, 0.2) is 41.5 Å². The van der Waals surface area contributed by atoms with Crippen molar-refractivity contribution in [1.29, 1.82) is 0 Å². The second-order valence-corrected chi connectivity index (χ2v) is 5.52. The molecule has 0 amide bonds. The molecule has 0 aliphatic rings. The highest BCUT2D eigenvalue weighted by Crippen LogP contribution is 2.28. The van der Waals surface area contributed by atoms with Crippen molar-refractivity contribution in [3.63, 3.8) is 0 Å². The topological polar surface area (TPSA) is 94.5 Å². The number of halogens is 2. The lowest BCUT2D eigenvalue weighted by Crippen LogP contribution is -2.21. The second kappa shape index (κ2) is 5.26. The van der Waals surface area contributed by atoms with E-state index in [-0.39, 0.29) is 11.2 Å². The number of pyridine rings is 1. The number of rotatable bonds is 2. The molecule has 0 atom stereocenters. The number of aryl methyl sites for hydroxylation is 1. The van der Waals surface area contributed by atoms with Crippen LogP contribution in [0.3, 0.4) is 0 Å². The van der Waals surface area contributed by atoms with Gasteiger partial charge in [-0.25, -0.2) is 8.78 Å². The van der Waals surface area contributed by atoms with Gasteiger partial charge in [-0.05, 0) is 18.2 Å². The number of aromatic nitrogens is 5. The molecular formula is C16H12F2N6O. The number of benzene rings is 1. The summed E-state index contributed by atoms with van der Waals surface area (Å²) >= 11 is 0. The van der Waals surface area contributed by atoms with E-state index in [2.05, 4.69) is 15.3 Å². The molecule has 25 heavy (non-hydrogen) atoms. The molecule has 4 rings (SSSR count). The lowest BCUT2D eigenvalue weighted by atomic mass is 10.1. The zero-order valence-electron chi connectivity index (χ0n) is 13.0. The molecule has 9 heteroatoms. The number of nitrogens with zero attached hydrogens (tertiary/aromatic N) is 4. The summed E-state index contributed by atoms with van der Waals surface area (Å²) in [6.45, 7) is 0. The van der Waals surface area contributed by atoms with E-state index in [1.807, 2.05) is 0 Å². The largest absolute Gasteiger partial charge is 0.382 e. The summed E-state index contributed by atoms with van der Waals surface area (Å²) in [5, 5.41) is 10.9. The summed E-state index contributed by atoms with van der Waals surface area (Å²) in [7, 11) is 1.73. The van der Waals surface area contributed by atoms with Crippen molar-refractivity contribution < 1.29 is 8.78 Å². The summed E-state index contributed by atoms with van der Waals surface area (Å²) in [6.07, 6.45) is 3.03. The zero-order chi connectivity index (χ0) is 17.7. The molecule has 1 aromatic carbocycles. The van der Waals surface area contributed by atoms with Gasteiger partial charge in [0.25, 0.3) is 5.56 Å². The van der Waals surface area contributed by atoms with Crippen LogP contribution in [-0.2, 0) is 7.05 Å². The molecule has 0 saturated heterocycles. The maximum Gasteiger partial charge on any atom is 0.268 e. The summed E-state index contributed by atoms with van der Waals surface area (Å²) in [6, 6.07) is 5.09. The van der Waals surface area contributed by atoms with E-state index < -0.39 is 22.9 Å². The second-order valence-electron chi connectivity index (χ2n) is 5.52. The molecule has 0 aliphatic carbocycles. The number of para-hydroxylation sites is 1. The number of anilines is 1. The minimum atomic E-state index is -0.865. The summed E-state index contributed by atoms with van der Waals surface area (Å²) in [4.78, 5) is 12.8. The fourth-order valence-corrected chi connectivity index (χ4v) is 2.78. The molecule has 126 valence electrons. The monoisotopic (exact) mass is 342 g/mol. The summed E-state index contributed by atoms with van der Waals surface area (Å²) < 4.78 is 30.9. The fraction of sp³-hybridized carbons (Fsp3) is 0.0625. The first kappa shape index (κ1) is 15.1. The Kier molecular flexibility index (Phi) is 3.17. The van der Waals surface area contributed by atoms with E-state index in [0.717, 1.165) is 16.7 Å². The lowest BCUT2D eigenvalue weighted by molar-refractivity contribution is 0.567. The van der Waals surface area contributed by atoms with Crippen LogP contribution in [-0.4, -0.2) is 24.5 Å². The van der Waals surface area contributed by atoms with Gasteiger partial charge in [-0.15, -0.1) is 0 Å². The van der Waals surface area contributed by atoms with Crippen LogP contribution in [0.5, 0.6) is 0 Å². The number of hydrogen-bond donors (Lipinski definition) is 2. The quantitative estimate of drug-likeness (QED) is 0.582. The zero-order valence-corrected chi connectivity index (χ0v) is 13.0. The standard InChI is InChI=1S/C16H12F2N6O/c1-23-6-5-11(22-23)8-7-24(14-9(17)3-2-4-10(14)18)16(25)12-13(8)20-21-15(12)19/h2-7H,1H3,(H3,19,20,21). The number of H-pyrrole nitrogens is 1. The molecule has 3 heterocycles. The van der Waals surface area contributed by atoms with E-state index >= 15 is 0 Å². The highest BCUT2D eigenvalue weighted by atomic mass is 19.1. The van der Waals surface area contributed by atoms with Crippen molar-refractivity contribution in [2.75, 3.05) is 5.73 Å². The Morgan fingerprint density at radius 3 is 2.56 bits per heavy atom. The van der Waals surface area contributed by atoms with Crippen LogP contribution in [0.4, 0.5) is 14.6 Å². The highest BCUT2D eigenvalue weighted by Gasteiger charge is 2.20. The van der Waals surface area contributed by atoms with Gasteiger partial charge in [0.15, 0.2) is 5.82 Å². The summed E-state index contributed by atoms with van der Waals surface area (Å²) in [5.74, 6) is -1.78. The Hall–Kier alpha value is -3.49. The molecule has 4 aromatic rings. The SMILES string of the molecule is Cn1ccc(-c2cn(-c3c(F)cccc3F)c(=O)c3c(N)n[nH]c23)n1. The van der Waals surface area contributed by atoms with Gasteiger partial charge in [0, 0.05) is 25.0 Å². The van der Waals surface area contributed by atoms with Crippen molar-refractivity contribution in [3.8, 4) is 16.9 Å². The van der Waals surface area contributed by atoms with E-state index in [4.69, 9.17) is 5.73 Å². The predicted octanol–water partition coefficient (Wildman–Crippen LogP) is 1.97. The third kappa shape index (κ3) is 2.20. The normalized spacial score (nSPS) is 11.3. The average molecular weight is 342 g/mol. The fourth-order valence-electron chi connectivity index (χ4n) is 2.78. The average Bonchev–Trinajstić information content (AvgIpc) is 3.16. The number of hydrogen-bond acceptors (Lipinski definition) is 4. The van der Waals surface area contributed by atoms with Gasteiger partial charge in [0.05, 0.1) is 11.2 Å². The van der Waals surface area contributed by atoms with E-state index in [1.54, 1.807) is 24.0 Å². The smallest absolute Gasteiger partial charge is 0.268 e. The van der Waals surface area contributed by atoms with Gasteiger partial charge in [-0.2, -0.15) is 10.2 Å². The first-order valence-electron chi connectivity index (χ1n) is 7.31. The Morgan fingerprint density at radius 2 is 1.92 bits per heavy atom. The lowest BCUT2D eigenvalue weighted by Gasteiger charge is -2.11. The summed E-state index contributed by atoms with van der Waals surface area (Å²) in [5.41, 5.74) is 5.93. The molecule has 0 radical (unpaired) electrons. The van der Waals surface area contributed by atoms with Crippen molar-refractivity contribution in [2.45, 2.75) is 0 Å². The Bertz CT molecular complexity index is 1150. The number of nitrogens with one attached hydrogen (secondary N) is 1. The maximum atomic E-state index is 14.2. The van der Waals surface area contributed by atoms with Crippen LogP contribution in [0, 0.1) is 11.6 Å². The van der Waals surface area contributed by atoms with Crippen molar-refractivity contribution in [2.24, 2.45) is 7.05 Å². The number of fused-ring (bicyclic) bond motifs is 1. The van der Waals surface area contributed by atoms with Crippen LogP contribution in [0.1, 0.15) is 0 Å². The molecule has 3 N–H and O–H groups in total. The third-order valence-electron chi connectivity index (χ3n) is 3.92. The molecular weight excluding hydrogens is 330 g/mol. The molecule has 0 unspecified atom stereocenters. The van der Waals surface area contributed by atoms with Crippen LogP contribution >= 0.6 is 0 Å². The van der Waals surface area contributed by atoms with Crippen LogP contribution < -0.4 is 11.3 Å². The van der Waals surface area contributed by atoms with E-state index in [0.29, 0.717) is 16.8 Å². The number of nitrogen functional groups attached to an aromatic ring is 1. The number of aromatic amines is 1. The van der Waals surface area contributed by atoms with Gasteiger partial charge in [0.2, 0.25) is 0 Å². The Labute approximate surface area is 139 Å². The Morgan fingerprint density at radius 1 is 1.20 bits per heavy atom. The molecule has 0 bridgehead atoms. The van der Waals surface area contributed by atoms with Gasteiger partial charge in [0.1, 0.15) is 22.7 Å². The van der Waals surface area contributed by atoms with Crippen molar-refractivity contribution in [3.05, 3.63) is 58.6 Å². The predicted molar refractivity (Wildman–Crippen MR) is 88.2 cm³/mol. The van der Waals surface area contributed by atoms with Gasteiger partial charge in [-0.1, -0.05) is 6.07 Å².